The Labute approximate surface area is 127 Å². The Kier molecular flexibility index (Phi) is 6.67. The van der Waals surface area contributed by atoms with Crippen molar-refractivity contribution in [2.24, 2.45) is 0 Å². The number of hydrogen-bond acceptors (Lipinski definition) is 3. The summed E-state index contributed by atoms with van der Waals surface area (Å²) in [6.07, 6.45) is 9.63. The third-order valence-electron chi connectivity index (χ3n) is 4.09. The van der Waals surface area contributed by atoms with Crippen LogP contribution in [-0.2, 0) is 11.2 Å². The van der Waals surface area contributed by atoms with Gasteiger partial charge in [0.1, 0.15) is 0 Å². The van der Waals surface area contributed by atoms with Crippen LogP contribution in [0.1, 0.15) is 44.6 Å². The van der Waals surface area contributed by atoms with Crippen LogP contribution in [0, 0.1) is 0 Å². The van der Waals surface area contributed by atoms with Crippen LogP contribution in [0.25, 0.3) is 0 Å². The molecule has 0 bridgehead atoms. The molecule has 1 amide bonds. The SMILES string of the molecule is CCCCN(CC1CCCN1)C(=O)CCc1cccnc1. The van der Waals surface area contributed by atoms with E-state index in [4.69, 9.17) is 0 Å². The Morgan fingerprint density at radius 2 is 2.43 bits per heavy atom. The zero-order valence-electron chi connectivity index (χ0n) is 13.1. The van der Waals surface area contributed by atoms with Gasteiger partial charge in [0.05, 0.1) is 0 Å². The topological polar surface area (TPSA) is 45.2 Å². The molecule has 1 aromatic heterocycles. The highest BCUT2D eigenvalue weighted by Crippen LogP contribution is 2.10. The van der Waals surface area contributed by atoms with Crippen LogP contribution in [0.15, 0.2) is 24.5 Å². The van der Waals surface area contributed by atoms with Gasteiger partial charge >= 0.3 is 0 Å². The van der Waals surface area contributed by atoms with Gasteiger partial charge in [-0.05, 0) is 43.9 Å². The Balaban J connectivity index is 1.83. The number of amides is 1. The van der Waals surface area contributed by atoms with Gasteiger partial charge in [0.2, 0.25) is 5.91 Å². The zero-order chi connectivity index (χ0) is 14.9. The maximum Gasteiger partial charge on any atom is 0.222 e. The molecular formula is C17H27N3O. The lowest BCUT2D eigenvalue weighted by Crippen LogP contribution is -2.41. The van der Waals surface area contributed by atoms with Gasteiger partial charge in [0.15, 0.2) is 0 Å². The number of carbonyl (C=O) groups is 1. The molecule has 0 aromatic carbocycles. The molecule has 21 heavy (non-hydrogen) atoms. The quantitative estimate of drug-likeness (QED) is 0.799. The van der Waals surface area contributed by atoms with E-state index in [1.54, 1.807) is 6.20 Å². The molecule has 1 fully saturated rings. The van der Waals surface area contributed by atoms with Gasteiger partial charge in [0.25, 0.3) is 0 Å². The first-order valence-corrected chi connectivity index (χ1v) is 8.19. The minimum Gasteiger partial charge on any atom is -0.341 e. The van der Waals surface area contributed by atoms with Gasteiger partial charge < -0.3 is 10.2 Å². The van der Waals surface area contributed by atoms with Crippen LogP contribution in [0.3, 0.4) is 0 Å². The van der Waals surface area contributed by atoms with Gasteiger partial charge in [-0.25, -0.2) is 0 Å². The molecular weight excluding hydrogens is 262 g/mol. The molecule has 4 nitrogen and oxygen atoms in total. The first kappa shape index (κ1) is 16.0. The zero-order valence-corrected chi connectivity index (χ0v) is 13.1. The molecule has 0 saturated carbocycles. The van der Waals surface area contributed by atoms with Crippen LogP contribution in [0.5, 0.6) is 0 Å². The first-order valence-electron chi connectivity index (χ1n) is 8.19. The fraction of sp³-hybridized carbons (Fsp3) is 0.647. The summed E-state index contributed by atoms with van der Waals surface area (Å²) in [6, 6.07) is 4.45. The third-order valence-corrected chi connectivity index (χ3v) is 4.09. The average molecular weight is 289 g/mol. The van der Waals surface area contributed by atoms with Crippen LogP contribution >= 0.6 is 0 Å². The molecule has 1 aromatic rings. The second-order valence-corrected chi connectivity index (χ2v) is 5.85. The molecule has 1 unspecified atom stereocenters. The van der Waals surface area contributed by atoms with Gasteiger partial charge in [0, 0.05) is 37.9 Å². The van der Waals surface area contributed by atoms with E-state index in [0.717, 1.165) is 44.5 Å². The number of aryl methyl sites for hydroxylation is 1. The molecule has 1 aliphatic rings. The van der Waals surface area contributed by atoms with E-state index in [9.17, 15) is 4.79 Å². The van der Waals surface area contributed by atoms with E-state index in [1.807, 2.05) is 18.3 Å². The summed E-state index contributed by atoms with van der Waals surface area (Å²) in [5.74, 6) is 0.279. The lowest BCUT2D eigenvalue weighted by molar-refractivity contribution is -0.131. The lowest BCUT2D eigenvalue weighted by atomic mass is 10.1. The lowest BCUT2D eigenvalue weighted by Gasteiger charge is -2.26. The van der Waals surface area contributed by atoms with E-state index in [2.05, 4.69) is 22.1 Å². The molecule has 1 saturated heterocycles. The number of pyridine rings is 1. The molecule has 0 aliphatic carbocycles. The van der Waals surface area contributed by atoms with Crippen LogP contribution < -0.4 is 5.32 Å². The summed E-state index contributed by atoms with van der Waals surface area (Å²) in [6.45, 7) is 5.02. The van der Waals surface area contributed by atoms with Crippen molar-refractivity contribution in [3.63, 3.8) is 0 Å². The van der Waals surface area contributed by atoms with E-state index in [1.165, 1.54) is 12.8 Å². The van der Waals surface area contributed by atoms with Crippen molar-refractivity contribution in [1.29, 1.82) is 0 Å². The smallest absolute Gasteiger partial charge is 0.222 e. The monoisotopic (exact) mass is 289 g/mol. The fourth-order valence-corrected chi connectivity index (χ4v) is 2.80. The Hall–Kier alpha value is -1.42. The summed E-state index contributed by atoms with van der Waals surface area (Å²) in [5, 5.41) is 3.49. The maximum absolute atomic E-state index is 12.5. The minimum absolute atomic E-state index is 0.279. The number of aromatic nitrogens is 1. The highest BCUT2D eigenvalue weighted by Gasteiger charge is 2.20. The number of nitrogens with one attached hydrogen (secondary N) is 1. The standard InChI is InChI=1S/C17H27N3O/c1-2-3-12-20(14-16-7-5-11-19-16)17(21)9-8-15-6-4-10-18-13-15/h4,6,10,13,16,19H,2-3,5,7-9,11-12,14H2,1H3. The second kappa shape index (κ2) is 8.78. The highest BCUT2D eigenvalue weighted by molar-refractivity contribution is 5.76. The third kappa shape index (κ3) is 5.46. The molecule has 1 atom stereocenters. The van der Waals surface area contributed by atoms with Crippen molar-refractivity contribution in [3.8, 4) is 0 Å². The normalized spacial score (nSPS) is 17.9. The van der Waals surface area contributed by atoms with Crippen molar-refractivity contribution in [1.82, 2.24) is 15.2 Å². The van der Waals surface area contributed by atoms with Crippen molar-refractivity contribution < 1.29 is 4.79 Å². The number of rotatable bonds is 8. The molecule has 0 radical (unpaired) electrons. The molecule has 2 rings (SSSR count). The molecule has 116 valence electrons. The van der Waals surface area contributed by atoms with Gasteiger partial charge in [-0.3, -0.25) is 9.78 Å². The maximum atomic E-state index is 12.5. The molecule has 0 spiro atoms. The summed E-state index contributed by atoms with van der Waals surface area (Å²) < 4.78 is 0. The highest BCUT2D eigenvalue weighted by atomic mass is 16.2. The summed E-state index contributed by atoms with van der Waals surface area (Å²) in [5.41, 5.74) is 1.14. The fourth-order valence-electron chi connectivity index (χ4n) is 2.80. The molecule has 1 N–H and O–H groups in total. The van der Waals surface area contributed by atoms with Crippen LogP contribution in [0.4, 0.5) is 0 Å². The summed E-state index contributed by atoms with van der Waals surface area (Å²) >= 11 is 0. The molecule has 4 heteroatoms. The average Bonchev–Trinajstić information content (AvgIpc) is 3.03. The van der Waals surface area contributed by atoms with E-state index in [-0.39, 0.29) is 5.91 Å². The van der Waals surface area contributed by atoms with Crippen LogP contribution in [0.2, 0.25) is 0 Å². The first-order chi connectivity index (χ1) is 10.3. The summed E-state index contributed by atoms with van der Waals surface area (Å²) in [4.78, 5) is 18.7. The predicted octanol–water partition coefficient (Wildman–Crippen LogP) is 2.39. The van der Waals surface area contributed by atoms with Crippen molar-refractivity contribution >= 4 is 5.91 Å². The number of nitrogens with zero attached hydrogens (tertiary/aromatic N) is 2. The number of hydrogen-bond donors (Lipinski definition) is 1. The van der Waals surface area contributed by atoms with Gasteiger partial charge in [-0.15, -0.1) is 0 Å². The predicted molar refractivity (Wildman–Crippen MR) is 85.1 cm³/mol. The molecule has 2 heterocycles. The molecule has 1 aliphatic heterocycles. The summed E-state index contributed by atoms with van der Waals surface area (Å²) in [7, 11) is 0. The Morgan fingerprint density at radius 3 is 3.10 bits per heavy atom. The Bertz CT molecular complexity index is 415. The van der Waals surface area contributed by atoms with Gasteiger partial charge in [-0.1, -0.05) is 19.4 Å². The second-order valence-electron chi connectivity index (χ2n) is 5.85. The minimum atomic E-state index is 0.279. The van der Waals surface area contributed by atoms with Crippen molar-refractivity contribution in [2.75, 3.05) is 19.6 Å². The van der Waals surface area contributed by atoms with Crippen molar-refractivity contribution in [3.05, 3.63) is 30.1 Å². The van der Waals surface area contributed by atoms with E-state index >= 15 is 0 Å². The van der Waals surface area contributed by atoms with E-state index in [0.29, 0.717) is 12.5 Å². The van der Waals surface area contributed by atoms with Crippen molar-refractivity contribution in [2.45, 2.75) is 51.5 Å². The van der Waals surface area contributed by atoms with E-state index < -0.39 is 0 Å². The van der Waals surface area contributed by atoms with Gasteiger partial charge in [-0.2, -0.15) is 0 Å². The largest absolute Gasteiger partial charge is 0.341 e. The number of unbranched alkanes of at least 4 members (excludes halogenated alkanes) is 1. The number of carbonyl (C=O) groups excluding carboxylic acids is 1. The van der Waals surface area contributed by atoms with Crippen LogP contribution in [-0.4, -0.2) is 41.5 Å². The Morgan fingerprint density at radius 1 is 1.52 bits per heavy atom.